The predicted octanol–water partition coefficient (Wildman–Crippen LogP) is 0.685. The predicted molar refractivity (Wildman–Crippen MR) is 50.3 cm³/mol. The van der Waals surface area contributed by atoms with E-state index in [-0.39, 0.29) is 11.1 Å². The maximum Gasteiger partial charge on any atom is 0.337 e. The van der Waals surface area contributed by atoms with Crippen LogP contribution in [-0.4, -0.2) is 23.3 Å². The van der Waals surface area contributed by atoms with Gasteiger partial charge in [-0.3, -0.25) is 0 Å². The van der Waals surface area contributed by atoms with Gasteiger partial charge in [-0.05, 0) is 18.2 Å². The number of carboxylic acid groups (broad SMARTS) is 1. The lowest BCUT2D eigenvalue weighted by Crippen LogP contribution is -2.12. The molecule has 0 radical (unpaired) electrons. The summed E-state index contributed by atoms with van der Waals surface area (Å²) in [6.45, 7) is 0. The van der Waals surface area contributed by atoms with E-state index in [1.807, 2.05) is 0 Å². The third kappa shape index (κ3) is 2.24. The number of ether oxygens (including phenoxy) is 1. The molecule has 0 aromatic heterocycles. The molecule has 0 amide bonds. The van der Waals surface area contributed by atoms with Crippen molar-refractivity contribution in [3.8, 4) is 11.8 Å². The highest BCUT2D eigenvalue weighted by Crippen LogP contribution is 2.23. The molecule has 2 N–H and O–H groups in total. The Balaban J connectivity index is 3.24. The zero-order valence-corrected chi connectivity index (χ0v) is 7.97. The first-order valence-electron chi connectivity index (χ1n) is 4.09. The van der Waals surface area contributed by atoms with Gasteiger partial charge in [0.05, 0.1) is 18.7 Å². The van der Waals surface area contributed by atoms with Gasteiger partial charge in [0.2, 0.25) is 0 Å². The van der Waals surface area contributed by atoms with Gasteiger partial charge in [0, 0.05) is 5.56 Å². The first-order valence-corrected chi connectivity index (χ1v) is 4.09. The van der Waals surface area contributed by atoms with Gasteiger partial charge in [-0.15, -0.1) is 0 Å². The summed E-state index contributed by atoms with van der Waals surface area (Å²) in [6.07, 6.45) is -1.71. The molecule has 0 spiro atoms. The number of aliphatic hydroxyl groups excluding tert-OH is 1. The fourth-order valence-corrected chi connectivity index (χ4v) is 1.13. The van der Waals surface area contributed by atoms with Crippen LogP contribution in [-0.2, 0) is 4.79 Å². The molecule has 78 valence electrons. The second-order valence-corrected chi connectivity index (χ2v) is 2.81. The maximum atomic E-state index is 10.6. The van der Waals surface area contributed by atoms with Gasteiger partial charge in [-0.25, -0.2) is 4.79 Å². The van der Waals surface area contributed by atoms with Crippen LogP contribution in [0.5, 0.6) is 5.75 Å². The van der Waals surface area contributed by atoms with E-state index in [1.54, 1.807) is 6.07 Å². The number of methoxy groups -OCH3 is 1. The highest BCUT2D eigenvalue weighted by atomic mass is 16.5. The van der Waals surface area contributed by atoms with Crippen molar-refractivity contribution in [1.29, 1.82) is 5.26 Å². The number of rotatable bonds is 3. The van der Waals surface area contributed by atoms with Crippen LogP contribution in [0.1, 0.15) is 17.2 Å². The van der Waals surface area contributed by atoms with Crippen molar-refractivity contribution in [2.45, 2.75) is 6.10 Å². The SMILES string of the molecule is COc1ccc(C#N)c(C(O)C(=O)O)c1. The van der Waals surface area contributed by atoms with E-state index >= 15 is 0 Å². The van der Waals surface area contributed by atoms with Gasteiger partial charge in [-0.2, -0.15) is 5.26 Å². The first kappa shape index (κ1) is 11.0. The van der Waals surface area contributed by atoms with E-state index in [0.29, 0.717) is 5.75 Å². The van der Waals surface area contributed by atoms with Gasteiger partial charge in [-0.1, -0.05) is 0 Å². The van der Waals surface area contributed by atoms with Gasteiger partial charge in [0.15, 0.2) is 6.10 Å². The van der Waals surface area contributed by atoms with Gasteiger partial charge >= 0.3 is 5.97 Å². The lowest BCUT2D eigenvalue weighted by molar-refractivity contribution is -0.146. The van der Waals surface area contributed by atoms with Crippen molar-refractivity contribution in [1.82, 2.24) is 0 Å². The maximum absolute atomic E-state index is 10.6. The molecular formula is C10H9NO4. The molecule has 0 aliphatic rings. The molecule has 1 aromatic carbocycles. The molecule has 0 fully saturated rings. The number of carboxylic acids is 1. The van der Waals surface area contributed by atoms with Crippen LogP contribution in [0.25, 0.3) is 0 Å². The van der Waals surface area contributed by atoms with Crippen LogP contribution in [0.3, 0.4) is 0 Å². The first-order chi connectivity index (χ1) is 7.10. The summed E-state index contributed by atoms with van der Waals surface area (Å²) in [7, 11) is 1.41. The standard InChI is InChI=1S/C10H9NO4/c1-15-7-3-2-6(5-11)8(4-7)9(12)10(13)14/h2-4,9,12H,1H3,(H,13,14). The van der Waals surface area contributed by atoms with Crippen molar-refractivity contribution >= 4 is 5.97 Å². The van der Waals surface area contributed by atoms with Crippen LogP contribution in [0.4, 0.5) is 0 Å². The molecule has 5 heteroatoms. The summed E-state index contributed by atoms with van der Waals surface area (Å²) >= 11 is 0. The molecule has 1 atom stereocenters. The summed E-state index contributed by atoms with van der Waals surface area (Å²) in [4.78, 5) is 10.6. The normalized spacial score (nSPS) is 11.5. The highest BCUT2D eigenvalue weighted by molar-refractivity contribution is 5.75. The van der Waals surface area contributed by atoms with Gasteiger partial charge < -0.3 is 14.9 Å². The molecule has 1 aromatic rings. The van der Waals surface area contributed by atoms with Crippen LogP contribution < -0.4 is 4.74 Å². The summed E-state index contributed by atoms with van der Waals surface area (Å²) < 4.78 is 4.87. The Kier molecular flexibility index (Phi) is 3.26. The number of nitrogens with zero attached hydrogens (tertiary/aromatic N) is 1. The van der Waals surface area contributed by atoms with Crippen LogP contribution in [0.2, 0.25) is 0 Å². The van der Waals surface area contributed by atoms with Crippen molar-refractivity contribution in [2.75, 3.05) is 7.11 Å². The fraction of sp³-hybridized carbons (Fsp3) is 0.200. The van der Waals surface area contributed by atoms with Crippen LogP contribution in [0.15, 0.2) is 18.2 Å². The fourth-order valence-electron chi connectivity index (χ4n) is 1.13. The summed E-state index contributed by atoms with van der Waals surface area (Å²) in [5.74, 6) is -1.01. The number of benzene rings is 1. The van der Waals surface area contributed by atoms with Gasteiger partial charge in [0.1, 0.15) is 5.75 Å². The number of aliphatic hydroxyl groups is 1. The molecule has 0 aliphatic heterocycles. The van der Waals surface area contributed by atoms with Crippen molar-refractivity contribution < 1.29 is 19.7 Å². The lowest BCUT2D eigenvalue weighted by Gasteiger charge is -2.09. The average molecular weight is 207 g/mol. The Morgan fingerprint density at radius 1 is 1.60 bits per heavy atom. The van der Waals surface area contributed by atoms with Crippen molar-refractivity contribution in [3.63, 3.8) is 0 Å². The van der Waals surface area contributed by atoms with E-state index in [2.05, 4.69) is 0 Å². The Morgan fingerprint density at radius 3 is 2.73 bits per heavy atom. The summed E-state index contributed by atoms with van der Waals surface area (Å²) in [6, 6.07) is 6.06. The molecular weight excluding hydrogens is 198 g/mol. The number of nitriles is 1. The second kappa shape index (κ2) is 4.44. The zero-order chi connectivity index (χ0) is 11.4. The van der Waals surface area contributed by atoms with E-state index < -0.39 is 12.1 Å². The molecule has 0 heterocycles. The number of carbonyl (C=O) groups is 1. The van der Waals surface area contributed by atoms with E-state index in [9.17, 15) is 9.90 Å². The number of aliphatic carboxylic acids is 1. The Labute approximate surface area is 86.1 Å². The average Bonchev–Trinajstić information content (AvgIpc) is 2.27. The topological polar surface area (TPSA) is 90.5 Å². The van der Waals surface area contributed by atoms with E-state index in [1.165, 1.54) is 25.3 Å². The summed E-state index contributed by atoms with van der Waals surface area (Å²) in [5.41, 5.74) is 0.148. The van der Waals surface area contributed by atoms with Crippen molar-refractivity contribution in [3.05, 3.63) is 29.3 Å². The Morgan fingerprint density at radius 2 is 2.27 bits per heavy atom. The highest BCUT2D eigenvalue weighted by Gasteiger charge is 2.20. The third-order valence-corrected chi connectivity index (χ3v) is 1.91. The molecule has 0 aliphatic carbocycles. The minimum absolute atomic E-state index is 0.0318. The van der Waals surface area contributed by atoms with Crippen LogP contribution in [0, 0.1) is 11.3 Å². The quantitative estimate of drug-likeness (QED) is 0.760. The number of hydrogen-bond acceptors (Lipinski definition) is 4. The van der Waals surface area contributed by atoms with E-state index in [4.69, 9.17) is 15.1 Å². The minimum Gasteiger partial charge on any atom is -0.497 e. The van der Waals surface area contributed by atoms with Gasteiger partial charge in [0.25, 0.3) is 0 Å². The Bertz CT molecular complexity index is 422. The number of hydrogen-bond donors (Lipinski definition) is 2. The van der Waals surface area contributed by atoms with Crippen LogP contribution >= 0.6 is 0 Å². The van der Waals surface area contributed by atoms with Crippen molar-refractivity contribution in [2.24, 2.45) is 0 Å². The molecule has 0 saturated heterocycles. The molecule has 5 nitrogen and oxygen atoms in total. The molecule has 15 heavy (non-hydrogen) atoms. The molecule has 1 unspecified atom stereocenters. The molecule has 1 rings (SSSR count). The molecule has 0 saturated carbocycles. The lowest BCUT2D eigenvalue weighted by atomic mass is 10.0. The zero-order valence-electron chi connectivity index (χ0n) is 7.97. The Hall–Kier alpha value is -2.06. The largest absolute Gasteiger partial charge is 0.497 e. The smallest absolute Gasteiger partial charge is 0.337 e. The van der Waals surface area contributed by atoms with E-state index in [0.717, 1.165) is 0 Å². The molecule has 0 bridgehead atoms. The third-order valence-electron chi connectivity index (χ3n) is 1.91. The minimum atomic E-state index is -1.71. The summed E-state index contributed by atoms with van der Waals surface area (Å²) in [5, 5.41) is 26.7. The monoisotopic (exact) mass is 207 g/mol. The second-order valence-electron chi connectivity index (χ2n) is 2.81.